The monoisotopic (exact) mass is 287 g/mol. The lowest BCUT2D eigenvalue weighted by Gasteiger charge is -2.10. The minimum Gasteiger partial charge on any atom is -0.493 e. The third kappa shape index (κ3) is 2.95. The van der Waals surface area contributed by atoms with Gasteiger partial charge in [-0.2, -0.15) is 0 Å². The lowest BCUT2D eigenvalue weighted by molar-refractivity contribution is 0.0777. The van der Waals surface area contributed by atoms with Gasteiger partial charge in [-0.3, -0.25) is 4.79 Å². The molecule has 0 saturated carbocycles. The Balaban J connectivity index is 1.88. The summed E-state index contributed by atoms with van der Waals surface area (Å²) in [6.45, 7) is 3.50. The molecule has 4 nitrogen and oxygen atoms in total. The average Bonchev–Trinajstić information content (AvgIpc) is 3.14. The Hall–Kier alpha value is -1.81. The highest BCUT2D eigenvalue weighted by Gasteiger charge is 2.22. The minimum absolute atomic E-state index is 0.0752. The van der Waals surface area contributed by atoms with Crippen LogP contribution in [0.3, 0.4) is 0 Å². The molecule has 0 amide bonds. The molecule has 1 aromatic heterocycles. The highest BCUT2D eigenvalue weighted by molar-refractivity contribution is 6.10. The third-order valence-corrected chi connectivity index (χ3v) is 3.87. The van der Waals surface area contributed by atoms with Crippen molar-refractivity contribution < 1.29 is 14.3 Å². The number of rotatable bonds is 6. The van der Waals surface area contributed by atoms with Gasteiger partial charge in [0.15, 0.2) is 5.78 Å². The first kappa shape index (κ1) is 14.1. The molecule has 0 radical (unpaired) electrons. The van der Waals surface area contributed by atoms with Crippen molar-refractivity contribution in [3.63, 3.8) is 0 Å². The van der Waals surface area contributed by atoms with Crippen LogP contribution in [-0.4, -0.2) is 30.1 Å². The topological polar surface area (TPSA) is 51.3 Å². The van der Waals surface area contributed by atoms with Gasteiger partial charge in [-0.25, -0.2) is 0 Å². The van der Waals surface area contributed by atoms with Gasteiger partial charge in [0.25, 0.3) is 0 Å². The maximum absolute atomic E-state index is 12.5. The van der Waals surface area contributed by atoms with E-state index in [1.165, 1.54) is 0 Å². The van der Waals surface area contributed by atoms with E-state index in [0.29, 0.717) is 18.6 Å². The normalized spacial score (nSPS) is 18.2. The Morgan fingerprint density at radius 1 is 1.48 bits per heavy atom. The summed E-state index contributed by atoms with van der Waals surface area (Å²) in [6, 6.07) is 5.84. The quantitative estimate of drug-likeness (QED) is 0.824. The number of carbonyl (C=O) groups excluding carboxylic acids is 1. The van der Waals surface area contributed by atoms with Gasteiger partial charge >= 0.3 is 0 Å². The van der Waals surface area contributed by atoms with Crippen molar-refractivity contribution in [2.24, 2.45) is 0 Å². The van der Waals surface area contributed by atoms with E-state index in [1.54, 1.807) is 6.20 Å². The first-order valence-corrected chi connectivity index (χ1v) is 7.67. The van der Waals surface area contributed by atoms with Gasteiger partial charge in [-0.05, 0) is 31.4 Å². The van der Waals surface area contributed by atoms with Crippen molar-refractivity contribution in [1.82, 2.24) is 4.98 Å². The van der Waals surface area contributed by atoms with E-state index < -0.39 is 0 Å². The number of hydrogen-bond acceptors (Lipinski definition) is 3. The van der Waals surface area contributed by atoms with Crippen LogP contribution in [0.15, 0.2) is 24.4 Å². The molecular formula is C17H21NO3. The number of benzene rings is 1. The summed E-state index contributed by atoms with van der Waals surface area (Å²) >= 11 is 0. The lowest BCUT2D eigenvalue weighted by atomic mass is 10.0. The fourth-order valence-electron chi connectivity index (χ4n) is 2.83. The Morgan fingerprint density at radius 2 is 2.38 bits per heavy atom. The summed E-state index contributed by atoms with van der Waals surface area (Å²) in [4.78, 5) is 15.7. The zero-order valence-electron chi connectivity index (χ0n) is 12.4. The van der Waals surface area contributed by atoms with E-state index in [-0.39, 0.29) is 11.9 Å². The minimum atomic E-state index is 0.0752. The third-order valence-electron chi connectivity index (χ3n) is 3.87. The number of carbonyl (C=O) groups is 1. The number of ketones is 1. The zero-order chi connectivity index (χ0) is 14.7. The van der Waals surface area contributed by atoms with Crippen LogP contribution in [0.2, 0.25) is 0 Å². The molecule has 21 heavy (non-hydrogen) atoms. The first-order chi connectivity index (χ1) is 10.3. The summed E-state index contributed by atoms with van der Waals surface area (Å²) in [6.07, 6.45) is 5.30. The van der Waals surface area contributed by atoms with Gasteiger partial charge in [0, 0.05) is 30.3 Å². The molecule has 2 aromatic rings. The molecule has 1 unspecified atom stereocenters. The van der Waals surface area contributed by atoms with Crippen molar-refractivity contribution in [3.8, 4) is 5.75 Å². The standard InChI is InChI=1S/C17H21NO3/c1-2-8-21-16-7-3-6-14-17(16)13(11-18-14)15(19)10-12-5-4-9-20-12/h3,6-7,11-12,18H,2,4-5,8-10H2,1H3. The summed E-state index contributed by atoms with van der Waals surface area (Å²) in [5.41, 5.74) is 1.66. The van der Waals surface area contributed by atoms with Crippen LogP contribution in [0.5, 0.6) is 5.75 Å². The molecule has 1 atom stereocenters. The van der Waals surface area contributed by atoms with Gasteiger partial charge in [0.2, 0.25) is 0 Å². The number of hydrogen-bond donors (Lipinski definition) is 1. The van der Waals surface area contributed by atoms with Gasteiger partial charge in [-0.15, -0.1) is 0 Å². The van der Waals surface area contributed by atoms with E-state index in [9.17, 15) is 4.79 Å². The van der Waals surface area contributed by atoms with Crippen molar-refractivity contribution in [1.29, 1.82) is 0 Å². The predicted molar refractivity (Wildman–Crippen MR) is 82.0 cm³/mol. The fraction of sp³-hybridized carbons (Fsp3) is 0.471. The fourth-order valence-corrected chi connectivity index (χ4v) is 2.83. The van der Waals surface area contributed by atoms with E-state index in [1.807, 2.05) is 18.2 Å². The van der Waals surface area contributed by atoms with Crippen LogP contribution in [0.4, 0.5) is 0 Å². The van der Waals surface area contributed by atoms with Gasteiger partial charge in [0.05, 0.1) is 18.1 Å². The lowest BCUT2D eigenvalue weighted by Crippen LogP contribution is -2.12. The van der Waals surface area contributed by atoms with E-state index in [0.717, 1.165) is 42.5 Å². The average molecular weight is 287 g/mol. The maximum atomic E-state index is 12.5. The zero-order valence-corrected chi connectivity index (χ0v) is 12.4. The molecule has 1 N–H and O–H groups in total. The number of aromatic nitrogens is 1. The van der Waals surface area contributed by atoms with E-state index >= 15 is 0 Å². The molecule has 1 aromatic carbocycles. The molecule has 4 heteroatoms. The highest BCUT2D eigenvalue weighted by atomic mass is 16.5. The second-order valence-electron chi connectivity index (χ2n) is 5.49. The molecule has 1 saturated heterocycles. The number of Topliss-reactive ketones (excluding diaryl/α,β-unsaturated/α-hetero) is 1. The molecule has 3 rings (SSSR count). The molecule has 0 aliphatic carbocycles. The van der Waals surface area contributed by atoms with Gasteiger partial charge < -0.3 is 14.5 Å². The summed E-state index contributed by atoms with van der Waals surface area (Å²) in [7, 11) is 0. The van der Waals surface area contributed by atoms with Crippen molar-refractivity contribution in [2.45, 2.75) is 38.7 Å². The highest BCUT2D eigenvalue weighted by Crippen LogP contribution is 2.30. The molecule has 0 spiro atoms. The maximum Gasteiger partial charge on any atom is 0.167 e. The number of ether oxygens (including phenoxy) is 2. The summed E-state index contributed by atoms with van der Waals surface area (Å²) in [5.74, 6) is 0.909. The molecule has 0 bridgehead atoms. The van der Waals surface area contributed by atoms with E-state index in [4.69, 9.17) is 9.47 Å². The SMILES string of the molecule is CCCOc1cccc2[nH]cc(C(=O)CC3CCCO3)c12. The molecule has 1 fully saturated rings. The number of fused-ring (bicyclic) bond motifs is 1. The Morgan fingerprint density at radius 3 is 3.14 bits per heavy atom. The Bertz CT molecular complexity index is 626. The van der Waals surface area contributed by atoms with Crippen LogP contribution in [0, 0.1) is 0 Å². The molecular weight excluding hydrogens is 266 g/mol. The molecule has 1 aliphatic rings. The number of nitrogens with one attached hydrogen (secondary N) is 1. The van der Waals surface area contributed by atoms with Gasteiger partial charge in [0.1, 0.15) is 5.75 Å². The molecule has 1 aliphatic heterocycles. The number of aromatic amines is 1. The van der Waals surface area contributed by atoms with Crippen LogP contribution >= 0.6 is 0 Å². The number of H-pyrrole nitrogens is 1. The smallest absolute Gasteiger partial charge is 0.167 e. The molecule has 112 valence electrons. The van der Waals surface area contributed by atoms with Crippen LogP contribution in [0.25, 0.3) is 10.9 Å². The molecule has 2 heterocycles. The Labute approximate surface area is 124 Å². The largest absolute Gasteiger partial charge is 0.493 e. The first-order valence-electron chi connectivity index (χ1n) is 7.67. The van der Waals surface area contributed by atoms with Crippen molar-refractivity contribution in [3.05, 3.63) is 30.0 Å². The van der Waals surface area contributed by atoms with Crippen LogP contribution in [-0.2, 0) is 4.74 Å². The summed E-state index contributed by atoms with van der Waals surface area (Å²) in [5, 5.41) is 0.897. The Kier molecular flexibility index (Phi) is 4.25. The van der Waals surface area contributed by atoms with Crippen LogP contribution in [0.1, 0.15) is 43.0 Å². The van der Waals surface area contributed by atoms with E-state index in [2.05, 4.69) is 11.9 Å². The second kappa shape index (κ2) is 6.31. The second-order valence-corrected chi connectivity index (χ2v) is 5.49. The van der Waals surface area contributed by atoms with Gasteiger partial charge in [-0.1, -0.05) is 13.0 Å². The van der Waals surface area contributed by atoms with Crippen molar-refractivity contribution >= 4 is 16.7 Å². The van der Waals surface area contributed by atoms with Crippen molar-refractivity contribution in [2.75, 3.05) is 13.2 Å². The van der Waals surface area contributed by atoms with Crippen LogP contribution < -0.4 is 4.74 Å². The summed E-state index contributed by atoms with van der Waals surface area (Å²) < 4.78 is 11.4. The predicted octanol–water partition coefficient (Wildman–Crippen LogP) is 3.71.